The topological polar surface area (TPSA) is 106 Å². The van der Waals surface area contributed by atoms with Crippen LogP contribution in [-0.2, 0) is 4.74 Å². The van der Waals surface area contributed by atoms with Crippen LogP contribution >= 0.6 is 11.3 Å². The van der Waals surface area contributed by atoms with Crippen molar-refractivity contribution in [3.63, 3.8) is 0 Å². The molecule has 5 rings (SSSR count). The molecule has 1 atom stereocenters. The summed E-state index contributed by atoms with van der Waals surface area (Å²) in [6.45, 7) is 9.25. The fourth-order valence-electron chi connectivity index (χ4n) is 5.39. The Hall–Kier alpha value is -3.94. The number of nitriles is 1. The van der Waals surface area contributed by atoms with Gasteiger partial charge in [-0.3, -0.25) is 4.79 Å². The van der Waals surface area contributed by atoms with Gasteiger partial charge in [0.25, 0.3) is 5.91 Å². The van der Waals surface area contributed by atoms with Gasteiger partial charge in [0, 0.05) is 48.3 Å². The summed E-state index contributed by atoms with van der Waals surface area (Å²) < 4.78 is 20.1. The first-order valence-corrected chi connectivity index (χ1v) is 14.8. The molecule has 2 aromatic carbocycles. The number of likely N-dealkylation sites (tertiary alicyclic amines) is 1. The van der Waals surface area contributed by atoms with Gasteiger partial charge in [-0.1, -0.05) is 18.2 Å². The van der Waals surface area contributed by atoms with Gasteiger partial charge in [0.2, 0.25) is 0 Å². The zero-order chi connectivity index (χ0) is 30.2. The first-order chi connectivity index (χ1) is 19.8. The largest absolute Gasteiger partial charge is 0.444 e. The maximum absolute atomic E-state index is 14.7. The summed E-state index contributed by atoms with van der Waals surface area (Å²) >= 11 is 1.34. The van der Waals surface area contributed by atoms with Crippen LogP contribution in [0.1, 0.15) is 55.8 Å². The molecule has 0 saturated carbocycles. The first-order valence-electron chi connectivity index (χ1n) is 14.0. The Labute approximate surface area is 249 Å². The van der Waals surface area contributed by atoms with Crippen LogP contribution in [0.4, 0.5) is 14.9 Å². The Morgan fingerprint density at radius 2 is 1.83 bits per heavy atom. The number of thiophene rings is 1. The van der Waals surface area contributed by atoms with Crippen molar-refractivity contribution in [1.82, 2.24) is 10.2 Å². The predicted molar refractivity (Wildman–Crippen MR) is 161 cm³/mol. The maximum atomic E-state index is 14.7. The molecule has 1 aromatic heterocycles. The third-order valence-electron chi connectivity index (χ3n) is 7.33. The molecule has 2 amide bonds. The van der Waals surface area contributed by atoms with Crippen LogP contribution in [0.2, 0.25) is 0 Å². The van der Waals surface area contributed by atoms with E-state index in [1.165, 1.54) is 23.5 Å². The van der Waals surface area contributed by atoms with Crippen molar-refractivity contribution in [3.05, 3.63) is 64.8 Å². The van der Waals surface area contributed by atoms with Gasteiger partial charge in [-0.2, -0.15) is 5.26 Å². The molecule has 3 aromatic rings. The van der Waals surface area contributed by atoms with E-state index in [1.54, 1.807) is 37.8 Å². The Bertz CT molecular complexity index is 1530. The van der Waals surface area contributed by atoms with Crippen LogP contribution in [0, 0.1) is 17.1 Å². The van der Waals surface area contributed by atoms with Crippen molar-refractivity contribution in [2.24, 2.45) is 0 Å². The van der Waals surface area contributed by atoms with E-state index in [1.807, 2.05) is 37.3 Å². The molecule has 3 heterocycles. The third kappa shape index (κ3) is 6.58. The van der Waals surface area contributed by atoms with Crippen molar-refractivity contribution >= 4 is 29.0 Å². The quantitative estimate of drug-likeness (QED) is 0.390. The van der Waals surface area contributed by atoms with Gasteiger partial charge in [-0.05, 0) is 82.0 Å². The number of aliphatic hydroxyl groups is 1. The van der Waals surface area contributed by atoms with Crippen molar-refractivity contribution in [2.75, 3.05) is 31.1 Å². The van der Waals surface area contributed by atoms with Crippen LogP contribution in [-0.4, -0.2) is 65.4 Å². The third-order valence-corrected chi connectivity index (χ3v) is 8.50. The second kappa shape index (κ2) is 11.4. The molecule has 10 heteroatoms. The summed E-state index contributed by atoms with van der Waals surface area (Å²) in [7, 11) is 0. The van der Waals surface area contributed by atoms with Crippen LogP contribution < -0.4 is 10.2 Å². The van der Waals surface area contributed by atoms with E-state index >= 15 is 0 Å². The molecule has 2 aliphatic rings. The molecule has 0 unspecified atom stereocenters. The lowest BCUT2D eigenvalue weighted by Crippen LogP contribution is -2.60. The lowest BCUT2D eigenvalue weighted by Gasteiger charge is -2.45. The number of benzene rings is 2. The summed E-state index contributed by atoms with van der Waals surface area (Å²) in [6, 6.07) is 15.8. The molecule has 2 N–H and O–H groups in total. The number of anilines is 1. The number of piperidine rings is 1. The van der Waals surface area contributed by atoms with Gasteiger partial charge >= 0.3 is 6.09 Å². The number of carbonyl (C=O) groups excluding carboxylic acids is 2. The Morgan fingerprint density at radius 3 is 2.45 bits per heavy atom. The van der Waals surface area contributed by atoms with E-state index in [0.29, 0.717) is 42.2 Å². The van der Waals surface area contributed by atoms with E-state index in [4.69, 9.17) is 4.74 Å². The molecule has 0 bridgehead atoms. The summed E-state index contributed by atoms with van der Waals surface area (Å²) in [5, 5.41) is 22.2. The lowest BCUT2D eigenvalue weighted by molar-refractivity contribution is 0.0310. The number of nitrogens with one attached hydrogen (secondary N) is 1. The Balaban J connectivity index is 1.42. The number of hydrogen-bond donors (Lipinski definition) is 2. The Morgan fingerprint density at radius 1 is 1.14 bits per heavy atom. The highest BCUT2D eigenvalue weighted by Gasteiger charge is 2.36. The summed E-state index contributed by atoms with van der Waals surface area (Å²) in [5.41, 5.74) is 1.78. The normalized spacial score (nSPS) is 18.2. The van der Waals surface area contributed by atoms with Gasteiger partial charge in [-0.15, -0.1) is 11.3 Å². The smallest absolute Gasteiger partial charge is 0.407 e. The van der Waals surface area contributed by atoms with Crippen LogP contribution in [0.3, 0.4) is 0 Å². The number of alkyl carbamates (subject to hydrolysis) is 1. The molecule has 220 valence electrons. The lowest BCUT2D eigenvalue weighted by atomic mass is 9.95. The number of rotatable bonds is 5. The van der Waals surface area contributed by atoms with Crippen LogP contribution in [0.25, 0.3) is 21.6 Å². The minimum absolute atomic E-state index is 0.0431. The Kier molecular flexibility index (Phi) is 8.01. The number of β-amino-alcohol motifs (C(OH)–C–C–N with tert-alkyl or cyclic N) is 1. The maximum Gasteiger partial charge on any atom is 0.407 e. The van der Waals surface area contributed by atoms with Gasteiger partial charge < -0.3 is 25.0 Å². The summed E-state index contributed by atoms with van der Waals surface area (Å²) in [5.74, 6) is -0.774. The summed E-state index contributed by atoms with van der Waals surface area (Å²) in [4.78, 5) is 31.2. The van der Waals surface area contributed by atoms with Crippen molar-refractivity contribution in [1.29, 1.82) is 5.26 Å². The fraction of sp³-hybridized carbons (Fsp3) is 0.406. The molecular weight excluding hydrogens is 555 g/mol. The van der Waals surface area contributed by atoms with Crippen molar-refractivity contribution in [2.45, 2.75) is 57.8 Å². The number of ether oxygens (including phenoxy) is 1. The van der Waals surface area contributed by atoms with E-state index in [9.17, 15) is 24.3 Å². The fourth-order valence-corrected chi connectivity index (χ4v) is 6.54. The first kappa shape index (κ1) is 29.5. The van der Waals surface area contributed by atoms with E-state index in [2.05, 4.69) is 10.2 Å². The highest BCUT2D eigenvalue weighted by atomic mass is 32.1. The SMILES string of the molecule is CC1(O)CN(c2ccc(-c3sc(C(=O)N4CCC[C@@H](NC(=O)OC(C)(C)C)C4)cc3-c3ccc(C#N)c(F)c3)cc2)C1. The minimum Gasteiger partial charge on any atom is -0.444 e. The number of hydrogen-bond acceptors (Lipinski definition) is 7. The molecular formula is C32H35FN4O4S. The predicted octanol–water partition coefficient (Wildman–Crippen LogP) is 5.79. The van der Waals surface area contributed by atoms with Gasteiger partial charge in [0.05, 0.1) is 16.0 Å². The van der Waals surface area contributed by atoms with Crippen molar-refractivity contribution < 1.29 is 23.8 Å². The highest BCUT2D eigenvalue weighted by molar-refractivity contribution is 7.18. The highest BCUT2D eigenvalue weighted by Crippen LogP contribution is 2.41. The number of nitrogens with zero attached hydrogens (tertiary/aromatic N) is 3. The van der Waals surface area contributed by atoms with E-state index in [0.717, 1.165) is 29.0 Å². The molecule has 0 radical (unpaired) electrons. The summed E-state index contributed by atoms with van der Waals surface area (Å²) in [6.07, 6.45) is 0.978. The van der Waals surface area contributed by atoms with Crippen molar-refractivity contribution in [3.8, 4) is 27.6 Å². The molecule has 0 spiro atoms. The van der Waals surface area contributed by atoms with Gasteiger partial charge in [0.15, 0.2) is 0 Å². The average Bonchev–Trinajstić information content (AvgIpc) is 3.36. The second-order valence-electron chi connectivity index (χ2n) is 12.3. The van der Waals surface area contributed by atoms with Crippen LogP contribution in [0.15, 0.2) is 48.5 Å². The monoisotopic (exact) mass is 590 g/mol. The average molecular weight is 591 g/mol. The van der Waals surface area contributed by atoms with E-state index < -0.39 is 23.1 Å². The minimum atomic E-state index is -0.690. The molecule has 8 nitrogen and oxygen atoms in total. The number of halogens is 1. The number of carbonyl (C=O) groups is 2. The second-order valence-corrected chi connectivity index (χ2v) is 13.3. The van der Waals surface area contributed by atoms with Crippen LogP contribution in [0.5, 0.6) is 0 Å². The standard InChI is InChI=1S/C32H35FN4O4S/c1-31(2,3)41-30(39)35-23-6-5-13-36(17-23)29(38)27-15-25(21-7-8-22(16-34)26(33)14-21)28(42-27)20-9-11-24(12-10-20)37-18-32(4,40)19-37/h7-12,14-15,23,40H,5-6,13,17-19H2,1-4H3,(H,35,39)/t23-/m1/s1. The zero-order valence-corrected chi connectivity index (χ0v) is 25.1. The van der Waals surface area contributed by atoms with Gasteiger partial charge in [0.1, 0.15) is 17.5 Å². The van der Waals surface area contributed by atoms with Gasteiger partial charge in [-0.25, -0.2) is 9.18 Å². The molecule has 2 saturated heterocycles. The number of amides is 2. The molecule has 0 aliphatic carbocycles. The molecule has 2 aliphatic heterocycles. The molecule has 2 fully saturated rings. The molecule has 42 heavy (non-hydrogen) atoms. The zero-order valence-electron chi connectivity index (χ0n) is 24.2. The van der Waals surface area contributed by atoms with E-state index in [-0.39, 0.29) is 17.5 Å².